The van der Waals surface area contributed by atoms with Crippen molar-refractivity contribution in [3.05, 3.63) is 35.4 Å². The maximum absolute atomic E-state index is 11.2. The van der Waals surface area contributed by atoms with E-state index in [4.69, 9.17) is 14.3 Å². The minimum atomic E-state index is -1.75. The van der Waals surface area contributed by atoms with E-state index in [9.17, 15) is 4.79 Å². The summed E-state index contributed by atoms with van der Waals surface area (Å²) in [5, 5.41) is 9.34. The quantitative estimate of drug-likeness (QED) is 0.787. The van der Waals surface area contributed by atoms with Crippen molar-refractivity contribution in [1.82, 2.24) is 0 Å². The highest BCUT2D eigenvalue weighted by molar-refractivity contribution is 6.74. The second kappa shape index (κ2) is 7.11. The number of methoxy groups -OCH3 is 1. The smallest absolute Gasteiger partial charge is 0.339 e. The van der Waals surface area contributed by atoms with Crippen molar-refractivity contribution in [3.63, 3.8) is 0 Å². The Bertz CT molecular complexity index is 556. The van der Waals surface area contributed by atoms with E-state index in [2.05, 4.69) is 33.9 Å². The van der Waals surface area contributed by atoms with Gasteiger partial charge in [0.25, 0.3) is 0 Å². The fourth-order valence-corrected chi connectivity index (χ4v) is 2.60. The van der Waals surface area contributed by atoms with Crippen LogP contribution in [0.15, 0.2) is 24.3 Å². The van der Waals surface area contributed by atoms with Crippen molar-refractivity contribution in [2.75, 3.05) is 13.7 Å². The first kappa shape index (κ1) is 18.5. The van der Waals surface area contributed by atoms with Gasteiger partial charge in [0.05, 0.1) is 13.7 Å². The largest absolute Gasteiger partial charge is 0.496 e. The molecule has 0 aromatic heterocycles. The summed E-state index contributed by atoms with van der Waals surface area (Å²) >= 11 is 0. The molecule has 22 heavy (non-hydrogen) atoms. The first-order chi connectivity index (χ1) is 10.1. The zero-order valence-corrected chi connectivity index (χ0v) is 15.3. The van der Waals surface area contributed by atoms with Gasteiger partial charge in [-0.15, -0.1) is 0 Å². The fourth-order valence-electron chi connectivity index (χ4n) is 1.65. The Morgan fingerprint density at radius 1 is 1.32 bits per heavy atom. The van der Waals surface area contributed by atoms with Crippen LogP contribution in [-0.2, 0) is 4.43 Å². The average Bonchev–Trinajstić information content (AvgIpc) is 2.42. The molecule has 0 atom stereocenters. The summed E-state index contributed by atoms with van der Waals surface area (Å²) in [5.41, 5.74) is 0.979. The second-order valence-electron chi connectivity index (χ2n) is 6.74. The molecule has 0 amide bonds. The number of rotatable bonds is 6. The number of carboxylic acid groups (broad SMARTS) is 1. The lowest BCUT2D eigenvalue weighted by Gasteiger charge is -2.35. The Hall–Kier alpha value is -1.59. The number of ether oxygens (including phenoxy) is 1. The average molecular weight is 322 g/mol. The third-order valence-electron chi connectivity index (χ3n) is 4.11. The number of carbonyl (C=O) groups is 1. The van der Waals surface area contributed by atoms with Gasteiger partial charge in [-0.05, 0) is 35.8 Å². The topological polar surface area (TPSA) is 55.8 Å². The Balaban J connectivity index is 2.76. The molecule has 0 aliphatic rings. The summed E-state index contributed by atoms with van der Waals surface area (Å²) in [6.07, 6.45) is 3.80. The molecule has 0 spiro atoms. The molecule has 1 N–H and O–H groups in total. The van der Waals surface area contributed by atoms with E-state index in [1.54, 1.807) is 12.1 Å². The SMILES string of the molecule is COc1ccc(/C=C/CO[Si](C)(C)C(C)(C)C)cc1C(=O)O. The lowest BCUT2D eigenvalue weighted by Crippen LogP contribution is -2.40. The summed E-state index contributed by atoms with van der Waals surface area (Å²) in [6, 6.07) is 5.09. The van der Waals surface area contributed by atoms with Crippen molar-refractivity contribution in [2.45, 2.75) is 38.9 Å². The standard InChI is InChI=1S/C17H26O4Si/c1-17(2,3)22(5,6)21-11-7-8-13-9-10-15(20-4)14(12-13)16(18)19/h7-10,12H,11H2,1-6H3,(H,18,19)/b8-7+. The van der Waals surface area contributed by atoms with Crippen LogP contribution < -0.4 is 4.74 Å². The third-order valence-corrected chi connectivity index (χ3v) is 8.61. The molecule has 0 bridgehead atoms. The summed E-state index contributed by atoms with van der Waals surface area (Å²) in [7, 11) is -0.289. The van der Waals surface area contributed by atoms with Crippen molar-refractivity contribution in [2.24, 2.45) is 0 Å². The molecule has 5 heteroatoms. The van der Waals surface area contributed by atoms with Crippen LogP contribution in [0.5, 0.6) is 5.75 Å². The predicted molar refractivity (Wildman–Crippen MR) is 92.1 cm³/mol. The van der Waals surface area contributed by atoms with Gasteiger partial charge in [-0.25, -0.2) is 4.79 Å². The molecular formula is C17H26O4Si. The Morgan fingerprint density at radius 2 is 1.95 bits per heavy atom. The van der Waals surface area contributed by atoms with E-state index < -0.39 is 14.3 Å². The van der Waals surface area contributed by atoms with Gasteiger partial charge in [0.2, 0.25) is 0 Å². The van der Waals surface area contributed by atoms with Crippen molar-refractivity contribution < 1.29 is 19.1 Å². The summed E-state index contributed by atoms with van der Waals surface area (Å²) in [6.45, 7) is 11.5. The molecule has 0 saturated carbocycles. The number of hydrogen-bond acceptors (Lipinski definition) is 3. The van der Waals surface area contributed by atoms with E-state index in [0.717, 1.165) is 5.56 Å². The van der Waals surface area contributed by atoms with Gasteiger partial charge in [0.15, 0.2) is 8.32 Å². The lowest BCUT2D eigenvalue weighted by molar-refractivity contribution is 0.0693. The Kier molecular flexibility index (Phi) is 5.97. The van der Waals surface area contributed by atoms with Crippen LogP contribution in [0, 0.1) is 0 Å². The van der Waals surface area contributed by atoms with Gasteiger partial charge in [0, 0.05) is 0 Å². The minimum Gasteiger partial charge on any atom is -0.496 e. The number of aromatic carboxylic acids is 1. The van der Waals surface area contributed by atoms with Gasteiger partial charge >= 0.3 is 5.97 Å². The fraction of sp³-hybridized carbons (Fsp3) is 0.471. The zero-order chi connectivity index (χ0) is 17.0. The molecule has 122 valence electrons. The van der Waals surface area contributed by atoms with Gasteiger partial charge in [-0.3, -0.25) is 0 Å². The molecule has 1 aromatic carbocycles. The van der Waals surface area contributed by atoms with Crippen LogP contribution in [0.3, 0.4) is 0 Å². The highest BCUT2D eigenvalue weighted by Gasteiger charge is 2.36. The number of benzene rings is 1. The van der Waals surface area contributed by atoms with E-state index in [1.807, 2.05) is 18.2 Å². The molecule has 0 fully saturated rings. The predicted octanol–water partition coefficient (Wildman–Crippen LogP) is 4.43. The molecule has 0 heterocycles. The van der Waals surface area contributed by atoms with Crippen molar-refractivity contribution >= 4 is 20.4 Å². The summed E-state index contributed by atoms with van der Waals surface area (Å²) in [5.74, 6) is -0.633. The van der Waals surface area contributed by atoms with E-state index >= 15 is 0 Å². The maximum Gasteiger partial charge on any atom is 0.339 e. The molecule has 4 nitrogen and oxygen atoms in total. The van der Waals surface area contributed by atoms with Crippen molar-refractivity contribution in [1.29, 1.82) is 0 Å². The summed E-state index contributed by atoms with van der Waals surface area (Å²) in [4.78, 5) is 11.2. The lowest BCUT2D eigenvalue weighted by atomic mass is 10.1. The monoisotopic (exact) mass is 322 g/mol. The molecule has 0 saturated heterocycles. The van der Waals surface area contributed by atoms with E-state index in [-0.39, 0.29) is 10.6 Å². The Labute approximate surface area is 133 Å². The molecule has 0 unspecified atom stereocenters. The molecule has 0 radical (unpaired) electrons. The van der Waals surface area contributed by atoms with Gasteiger partial charge in [-0.2, -0.15) is 0 Å². The first-order valence-corrected chi connectivity index (χ1v) is 10.2. The molecular weight excluding hydrogens is 296 g/mol. The highest BCUT2D eigenvalue weighted by atomic mass is 28.4. The van der Waals surface area contributed by atoms with Gasteiger partial charge in [0.1, 0.15) is 11.3 Å². The van der Waals surface area contributed by atoms with Gasteiger partial charge < -0.3 is 14.3 Å². The molecule has 1 aromatic rings. The maximum atomic E-state index is 11.2. The van der Waals surface area contributed by atoms with Crippen molar-refractivity contribution in [3.8, 4) is 5.75 Å². The summed E-state index contributed by atoms with van der Waals surface area (Å²) < 4.78 is 11.1. The van der Waals surface area contributed by atoms with Crippen LogP contribution in [0.25, 0.3) is 6.08 Å². The van der Waals surface area contributed by atoms with Crippen LogP contribution >= 0.6 is 0 Å². The molecule has 0 aliphatic carbocycles. The number of carboxylic acids is 1. The van der Waals surface area contributed by atoms with Crippen LogP contribution in [-0.4, -0.2) is 33.1 Å². The van der Waals surface area contributed by atoms with E-state index in [0.29, 0.717) is 12.4 Å². The van der Waals surface area contributed by atoms with E-state index in [1.165, 1.54) is 7.11 Å². The minimum absolute atomic E-state index is 0.162. The molecule has 0 aliphatic heterocycles. The number of hydrogen-bond donors (Lipinski definition) is 1. The molecule has 1 rings (SSSR count). The first-order valence-electron chi connectivity index (χ1n) is 7.30. The second-order valence-corrected chi connectivity index (χ2v) is 11.5. The zero-order valence-electron chi connectivity index (χ0n) is 14.3. The van der Waals surface area contributed by atoms with Gasteiger partial charge in [-0.1, -0.05) is 39.0 Å². The van der Waals surface area contributed by atoms with Crippen LogP contribution in [0.4, 0.5) is 0 Å². The van der Waals surface area contributed by atoms with Crippen LogP contribution in [0.2, 0.25) is 18.1 Å². The third kappa shape index (κ3) is 4.71. The normalized spacial score (nSPS) is 12.6. The van der Waals surface area contributed by atoms with Crippen LogP contribution in [0.1, 0.15) is 36.7 Å². The Morgan fingerprint density at radius 3 is 2.45 bits per heavy atom. The highest BCUT2D eigenvalue weighted by Crippen LogP contribution is 2.36.